The van der Waals surface area contributed by atoms with Gasteiger partial charge < -0.3 is 10.2 Å². The first-order chi connectivity index (χ1) is 15.8. The van der Waals surface area contributed by atoms with Crippen LogP contribution in [0.3, 0.4) is 0 Å². The largest absolute Gasteiger partial charge is 0.393 e. The van der Waals surface area contributed by atoms with Gasteiger partial charge in [-0.05, 0) is 78.2 Å². The first kappa shape index (κ1) is 27.3. The predicted octanol–water partition coefficient (Wildman–Crippen LogP) is 7.30. The van der Waals surface area contributed by atoms with Gasteiger partial charge in [-0.1, -0.05) is 88.9 Å². The fourth-order valence-electron chi connectivity index (χ4n) is 6.38. The summed E-state index contributed by atoms with van der Waals surface area (Å²) in [6.07, 6.45) is 17.3. The van der Waals surface area contributed by atoms with Gasteiger partial charge in [0.15, 0.2) is 0 Å². The third kappa shape index (κ3) is 5.74. The van der Waals surface area contributed by atoms with Crippen LogP contribution in [0, 0.1) is 23.2 Å². The van der Waals surface area contributed by atoms with Gasteiger partial charge in [0.05, 0.1) is 12.2 Å². The van der Waals surface area contributed by atoms with Crippen LogP contribution in [0.1, 0.15) is 79.6 Å². The van der Waals surface area contributed by atoms with E-state index in [0.29, 0.717) is 36.0 Å². The van der Waals surface area contributed by atoms with E-state index in [1.165, 1.54) is 25.7 Å². The van der Waals surface area contributed by atoms with Crippen molar-refractivity contribution in [3.8, 4) is 0 Å². The lowest BCUT2D eigenvalue weighted by molar-refractivity contribution is 0.0862. The minimum Gasteiger partial charge on any atom is -0.393 e. The summed E-state index contributed by atoms with van der Waals surface area (Å²) in [5.74, 6) is 10.6. The van der Waals surface area contributed by atoms with Crippen molar-refractivity contribution in [3.05, 3.63) is 59.1 Å². The predicted molar refractivity (Wildman–Crippen MR) is 154 cm³/mol. The smallest absolute Gasteiger partial charge is 0.0811 e. The molecule has 0 aromatic carbocycles. The molecule has 3 fully saturated rings. The van der Waals surface area contributed by atoms with E-state index < -0.39 is 21.4 Å². The van der Waals surface area contributed by atoms with Crippen LogP contribution in [-0.4, -0.2) is 38.9 Å². The molecule has 2 unspecified atom stereocenters. The molecule has 0 saturated heterocycles. The van der Waals surface area contributed by atoms with Crippen LogP contribution in [0.5, 0.6) is 0 Å². The first-order valence-corrected chi connectivity index (χ1v) is 15.1. The molecule has 2 nitrogen and oxygen atoms in total. The fraction of sp³-hybridized carbons (Fsp3) is 0.613. The Morgan fingerprint density at radius 2 is 1.82 bits per heavy atom. The van der Waals surface area contributed by atoms with E-state index in [9.17, 15) is 10.2 Å². The van der Waals surface area contributed by atoms with E-state index in [1.54, 1.807) is 5.57 Å². The van der Waals surface area contributed by atoms with Gasteiger partial charge in [0.2, 0.25) is 0 Å². The number of allylic oxidation sites excluding steroid dienone is 6. The molecule has 0 heterocycles. The Morgan fingerprint density at radius 1 is 1.12 bits per heavy atom. The highest BCUT2D eigenvalue weighted by Crippen LogP contribution is 2.59. The molecule has 3 saturated carbocycles. The molecule has 34 heavy (non-hydrogen) atoms. The van der Waals surface area contributed by atoms with Crippen LogP contribution >= 0.6 is 9.21 Å². The molecule has 0 aliphatic heterocycles. The molecule has 3 aliphatic carbocycles. The maximum Gasteiger partial charge on any atom is 0.0811 e. The van der Waals surface area contributed by atoms with Crippen molar-refractivity contribution < 1.29 is 10.2 Å². The van der Waals surface area contributed by atoms with Gasteiger partial charge in [0.25, 0.3) is 0 Å². The topological polar surface area (TPSA) is 40.5 Å². The second-order valence-corrected chi connectivity index (χ2v) is 15.7. The first-order valence-electron chi connectivity index (χ1n) is 13.0. The van der Waals surface area contributed by atoms with Crippen LogP contribution < -0.4 is 0 Å². The maximum atomic E-state index is 10.2. The van der Waals surface area contributed by atoms with E-state index in [2.05, 4.69) is 88.7 Å². The molecule has 2 N–H and O–H groups in total. The molecule has 3 heteroatoms. The zero-order chi connectivity index (χ0) is 25.3. The summed E-state index contributed by atoms with van der Waals surface area (Å²) in [6, 6.07) is 0. The monoisotopic (exact) mass is 484 g/mol. The highest BCUT2D eigenvalue weighted by molar-refractivity contribution is 8.31. The summed E-state index contributed by atoms with van der Waals surface area (Å²) in [6.45, 7) is 15.6. The van der Waals surface area contributed by atoms with Crippen LogP contribution in [0.4, 0.5) is 0 Å². The molecule has 0 bridgehead atoms. The van der Waals surface area contributed by atoms with E-state index in [4.69, 9.17) is 0 Å². The van der Waals surface area contributed by atoms with Crippen molar-refractivity contribution >= 4 is 20.9 Å². The second kappa shape index (κ2) is 10.4. The highest BCUT2D eigenvalue weighted by Gasteiger charge is 2.50. The molecular formula is C31H48O2S. The molecule has 0 spiro atoms. The fourth-order valence-corrected chi connectivity index (χ4v) is 7.18. The Hall–Kier alpha value is -1.29. The van der Waals surface area contributed by atoms with E-state index in [0.717, 1.165) is 17.6 Å². The number of hydrogen-bond acceptors (Lipinski definition) is 2. The third-order valence-corrected chi connectivity index (χ3v) is 12.1. The number of rotatable bonds is 5. The van der Waals surface area contributed by atoms with Crippen LogP contribution in [0.15, 0.2) is 59.1 Å². The van der Waals surface area contributed by atoms with Crippen molar-refractivity contribution in [1.29, 1.82) is 0 Å². The van der Waals surface area contributed by atoms with E-state index in [1.807, 2.05) is 0 Å². The maximum absolute atomic E-state index is 10.2. The molecule has 0 aromatic heterocycles. The van der Waals surface area contributed by atoms with E-state index >= 15 is 0 Å². The van der Waals surface area contributed by atoms with Crippen molar-refractivity contribution in [2.45, 2.75) is 96.5 Å². The number of aliphatic hydroxyl groups is 2. The Labute approximate surface area is 209 Å². The Balaban J connectivity index is 1.73. The summed E-state index contributed by atoms with van der Waals surface area (Å²) in [7, 11) is -1.26. The van der Waals surface area contributed by atoms with Gasteiger partial charge in [-0.3, -0.25) is 0 Å². The standard InChI is InChI=1S/C31H48O2S/c1-22(12-9-10-19-34(7,8)30(3,4)5)27-16-17-28-24(13-11-18-31(27,28)6)14-15-25-20-26(32)21-29(33)23(25)2/h9-10,12,14-15,19,22,26-29,32-33H,2,7-8,11,13,16-18,20-21H2,1,3-6H3/b12-9+,19-10+,24-14+,25-15-/t22-,26?,27-,28+,29?,31-/m1/s1. The van der Waals surface area contributed by atoms with Gasteiger partial charge in [-0.15, -0.1) is 0 Å². The van der Waals surface area contributed by atoms with Crippen LogP contribution in [-0.2, 0) is 0 Å². The molecule has 6 atom stereocenters. The SMILES string of the molecule is C=C1/C(=C\C=C2/CCC[C@]3(C)[C@@H]([C@H](C)/C=C/C=C/S(=C)(=C)C(C)(C)C)CC[C@@H]23)CC(O)CC1O. The Kier molecular flexibility index (Phi) is 8.32. The summed E-state index contributed by atoms with van der Waals surface area (Å²) in [5, 5.41) is 22.5. The van der Waals surface area contributed by atoms with Gasteiger partial charge in [0, 0.05) is 11.2 Å². The lowest BCUT2D eigenvalue weighted by Crippen LogP contribution is -2.35. The average Bonchev–Trinajstić information content (AvgIpc) is 3.09. The molecule has 0 aromatic rings. The van der Waals surface area contributed by atoms with Gasteiger partial charge in [0.1, 0.15) is 0 Å². The van der Waals surface area contributed by atoms with Gasteiger partial charge in [-0.2, -0.15) is 9.21 Å². The molecule has 190 valence electrons. The quantitative estimate of drug-likeness (QED) is 0.317. The van der Waals surface area contributed by atoms with E-state index in [-0.39, 0.29) is 4.75 Å². The second-order valence-electron chi connectivity index (χ2n) is 12.3. The van der Waals surface area contributed by atoms with Crippen LogP contribution in [0.25, 0.3) is 0 Å². The zero-order valence-electron chi connectivity index (χ0n) is 22.2. The lowest BCUT2D eigenvalue weighted by Gasteiger charge is -2.44. The van der Waals surface area contributed by atoms with Crippen molar-refractivity contribution in [3.63, 3.8) is 0 Å². The normalized spacial score (nSPS) is 36.6. The van der Waals surface area contributed by atoms with Gasteiger partial charge in [-0.25, -0.2) is 0 Å². The highest BCUT2D eigenvalue weighted by atomic mass is 32.2. The Bertz CT molecular complexity index is 985. The summed E-state index contributed by atoms with van der Waals surface area (Å²) >= 11 is 0. The number of aliphatic hydroxyl groups excluding tert-OH is 2. The molecule has 3 rings (SSSR count). The summed E-state index contributed by atoms with van der Waals surface area (Å²) < 4.78 is 0.107. The zero-order valence-corrected chi connectivity index (χ0v) is 23.0. The van der Waals surface area contributed by atoms with Crippen molar-refractivity contribution in [2.75, 3.05) is 0 Å². The minimum absolute atomic E-state index is 0.107. The summed E-state index contributed by atoms with van der Waals surface area (Å²) in [5.41, 5.74) is 3.67. The summed E-state index contributed by atoms with van der Waals surface area (Å²) in [4.78, 5) is 0. The third-order valence-electron chi connectivity index (χ3n) is 9.02. The average molecular weight is 485 g/mol. The molecule has 3 aliphatic rings. The van der Waals surface area contributed by atoms with Crippen molar-refractivity contribution in [1.82, 2.24) is 0 Å². The molecule has 0 radical (unpaired) electrons. The number of fused-ring (bicyclic) bond motifs is 1. The molecular weight excluding hydrogens is 436 g/mol. The minimum atomic E-state index is -1.26. The molecule has 0 amide bonds. The van der Waals surface area contributed by atoms with Gasteiger partial charge >= 0.3 is 0 Å². The Morgan fingerprint density at radius 3 is 2.50 bits per heavy atom. The van der Waals surface area contributed by atoms with Crippen LogP contribution in [0.2, 0.25) is 0 Å². The van der Waals surface area contributed by atoms with Crippen molar-refractivity contribution in [2.24, 2.45) is 23.2 Å². The number of hydrogen-bond donors (Lipinski definition) is 2. The lowest BCUT2D eigenvalue weighted by atomic mass is 9.61.